The Labute approximate surface area is 99.1 Å². The van der Waals surface area contributed by atoms with Gasteiger partial charge in [0.05, 0.1) is 0 Å². The SMILES string of the molecule is SCC=CCOc1cc(Cl)cc(Cl)c1. The molecule has 0 unspecified atom stereocenters. The zero-order chi connectivity index (χ0) is 10.4. The summed E-state index contributed by atoms with van der Waals surface area (Å²) in [7, 11) is 0. The smallest absolute Gasteiger partial charge is 0.122 e. The van der Waals surface area contributed by atoms with Crippen molar-refractivity contribution >= 4 is 35.8 Å². The normalized spacial score (nSPS) is 10.8. The summed E-state index contributed by atoms with van der Waals surface area (Å²) in [5.74, 6) is 1.38. The summed E-state index contributed by atoms with van der Waals surface area (Å²) >= 11 is 15.6. The van der Waals surface area contributed by atoms with E-state index in [0.717, 1.165) is 0 Å². The van der Waals surface area contributed by atoms with Crippen molar-refractivity contribution in [1.29, 1.82) is 0 Å². The molecule has 76 valence electrons. The molecule has 0 radical (unpaired) electrons. The van der Waals surface area contributed by atoms with Gasteiger partial charge < -0.3 is 4.74 Å². The summed E-state index contributed by atoms with van der Waals surface area (Å²) in [4.78, 5) is 0. The van der Waals surface area contributed by atoms with Crippen LogP contribution < -0.4 is 4.74 Å². The largest absolute Gasteiger partial charge is 0.489 e. The molecule has 0 aliphatic carbocycles. The van der Waals surface area contributed by atoms with Crippen LogP contribution in [0.1, 0.15) is 0 Å². The molecule has 0 aliphatic rings. The minimum atomic E-state index is 0.497. The van der Waals surface area contributed by atoms with E-state index in [9.17, 15) is 0 Å². The zero-order valence-electron chi connectivity index (χ0n) is 7.41. The second-order valence-corrected chi connectivity index (χ2v) is 3.81. The first-order valence-electron chi connectivity index (χ1n) is 4.07. The second-order valence-electron chi connectivity index (χ2n) is 2.57. The molecular weight excluding hydrogens is 239 g/mol. The maximum Gasteiger partial charge on any atom is 0.122 e. The molecule has 0 bridgehead atoms. The molecular formula is C10H10Cl2OS. The van der Waals surface area contributed by atoms with Gasteiger partial charge in [-0.25, -0.2) is 0 Å². The second kappa shape index (κ2) is 6.23. The fraction of sp³-hybridized carbons (Fsp3) is 0.200. The van der Waals surface area contributed by atoms with Gasteiger partial charge in [-0.05, 0) is 18.2 Å². The van der Waals surface area contributed by atoms with Crippen molar-refractivity contribution in [2.45, 2.75) is 0 Å². The third-order valence-electron chi connectivity index (χ3n) is 1.45. The van der Waals surface area contributed by atoms with E-state index in [1.165, 1.54) is 0 Å². The van der Waals surface area contributed by atoms with Crippen LogP contribution in [-0.2, 0) is 0 Å². The predicted molar refractivity (Wildman–Crippen MR) is 65.0 cm³/mol. The Kier molecular flexibility index (Phi) is 5.23. The summed E-state index contributed by atoms with van der Waals surface area (Å²) in [6.45, 7) is 0.497. The number of hydrogen-bond donors (Lipinski definition) is 1. The quantitative estimate of drug-likeness (QED) is 0.629. The maximum absolute atomic E-state index is 5.80. The van der Waals surface area contributed by atoms with Gasteiger partial charge in [-0.1, -0.05) is 35.4 Å². The molecule has 14 heavy (non-hydrogen) atoms. The van der Waals surface area contributed by atoms with E-state index < -0.39 is 0 Å². The van der Waals surface area contributed by atoms with Gasteiger partial charge in [-0.3, -0.25) is 0 Å². The number of hydrogen-bond acceptors (Lipinski definition) is 2. The molecule has 0 saturated heterocycles. The summed E-state index contributed by atoms with van der Waals surface area (Å²) < 4.78 is 5.38. The minimum Gasteiger partial charge on any atom is -0.489 e. The lowest BCUT2D eigenvalue weighted by atomic mass is 10.3. The van der Waals surface area contributed by atoms with Crippen LogP contribution in [0.25, 0.3) is 0 Å². The Morgan fingerprint density at radius 2 is 1.79 bits per heavy atom. The van der Waals surface area contributed by atoms with Crippen LogP contribution in [0.2, 0.25) is 10.0 Å². The molecule has 0 heterocycles. The third kappa shape index (κ3) is 4.27. The third-order valence-corrected chi connectivity index (χ3v) is 2.10. The number of thiol groups is 1. The van der Waals surface area contributed by atoms with E-state index in [0.29, 0.717) is 28.2 Å². The van der Waals surface area contributed by atoms with Crippen LogP contribution in [0.3, 0.4) is 0 Å². The number of rotatable bonds is 4. The monoisotopic (exact) mass is 248 g/mol. The van der Waals surface area contributed by atoms with E-state index in [-0.39, 0.29) is 0 Å². The van der Waals surface area contributed by atoms with Gasteiger partial charge >= 0.3 is 0 Å². The van der Waals surface area contributed by atoms with Crippen LogP contribution in [0.5, 0.6) is 5.75 Å². The van der Waals surface area contributed by atoms with E-state index in [4.69, 9.17) is 27.9 Å². The Hall–Kier alpha value is -0.310. The Morgan fingerprint density at radius 1 is 1.14 bits per heavy atom. The molecule has 0 aromatic heterocycles. The highest BCUT2D eigenvalue weighted by molar-refractivity contribution is 7.80. The van der Waals surface area contributed by atoms with Crippen LogP contribution in [0.15, 0.2) is 30.4 Å². The highest BCUT2D eigenvalue weighted by atomic mass is 35.5. The van der Waals surface area contributed by atoms with Gasteiger partial charge in [0.15, 0.2) is 0 Å². The van der Waals surface area contributed by atoms with Gasteiger partial charge in [-0.15, -0.1) is 0 Å². The fourth-order valence-electron chi connectivity index (χ4n) is 0.899. The molecule has 0 amide bonds. The number of benzene rings is 1. The van der Waals surface area contributed by atoms with Crippen LogP contribution in [0.4, 0.5) is 0 Å². The van der Waals surface area contributed by atoms with Gasteiger partial charge in [0.2, 0.25) is 0 Å². The first-order chi connectivity index (χ1) is 6.72. The van der Waals surface area contributed by atoms with Gasteiger partial charge in [0.1, 0.15) is 12.4 Å². The molecule has 4 heteroatoms. The van der Waals surface area contributed by atoms with Gasteiger partial charge in [0, 0.05) is 15.8 Å². The summed E-state index contributed by atoms with van der Waals surface area (Å²) in [5, 5.41) is 1.15. The van der Waals surface area contributed by atoms with E-state index in [1.807, 2.05) is 12.2 Å². The van der Waals surface area contributed by atoms with Gasteiger partial charge in [0.25, 0.3) is 0 Å². The zero-order valence-corrected chi connectivity index (χ0v) is 9.82. The molecule has 1 nitrogen and oxygen atoms in total. The van der Waals surface area contributed by atoms with Crippen LogP contribution in [-0.4, -0.2) is 12.4 Å². The molecule has 1 aromatic rings. The standard InChI is InChI=1S/C10H10Cl2OS/c11-8-5-9(12)7-10(6-8)13-3-1-2-4-14/h1-2,5-7,14H,3-4H2. The molecule has 0 aliphatic heterocycles. The predicted octanol–water partition coefficient (Wildman–Crippen LogP) is 3.86. The molecule has 0 spiro atoms. The molecule has 0 N–H and O–H groups in total. The van der Waals surface area contributed by atoms with Crippen LogP contribution in [0, 0.1) is 0 Å². The van der Waals surface area contributed by atoms with Crippen molar-refractivity contribution in [3.63, 3.8) is 0 Å². The average Bonchev–Trinajstić information content (AvgIpc) is 2.11. The molecule has 0 atom stereocenters. The summed E-state index contributed by atoms with van der Waals surface area (Å²) in [6.07, 6.45) is 3.80. The van der Waals surface area contributed by atoms with Crippen molar-refractivity contribution in [2.75, 3.05) is 12.4 Å². The molecule has 0 saturated carbocycles. The summed E-state index contributed by atoms with van der Waals surface area (Å²) in [5.41, 5.74) is 0. The van der Waals surface area contributed by atoms with Crippen molar-refractivity contribution in [3.8, 4) is 5.75 Å². The highest BCUT2D eigenvalue weighted by Crippen LogP contribution is 2.23. The van der Waals surface area contributed by atoms with E-state index in [1.54, 1.807) is 18.2 Å². The Bertz CT molecular complexity index is 306. The van der Waals surface area contributed by atoms with Crippen molar-refractivity contribution in [3.05, 3.63) is 40.4 Å². The molecule has 0 fully saturated rings. The topological polar surface area (TPSA) is 9.23 Å². The van der Waals surface area contributed by atoms with E-state index >= 15 is 0 Å². The first kappa shape index (κ1) is 11.8. The summed E-state index contributed by atoms with van der Waals surface area (Å²) in [6, 6.07) is 5.11. The highest BCUT2D eigenvalue weighted by Gasteiger charge is 1.97. The average molecular weight is 249 g/mol. The lowest BCUT2D eigenvalue weighted by Gasteiger charge is -2.03. The van der Waals surface area contributed by atoms with E-state index in [2.05, 4.69) is 12.6 Å². The van der Waals surface area contributed by atoms with Crippen LogP contribution >= 0.6 is 35.8 Å². The number of ether oxygens (including phenoxy) is 1. The van der Waals surface area contributed by atoms with Gasteiger partial charge in [-0.2, -0.15) is 12.6 Å². The van der Waals surface area contributed by atoms with Crippen molar-refractivity contribution in [1.82, 2.24) is 0 Å². The lowest BCUT2D eigenvalue weighted by Crippen LogP contribution is -1.93. The van der Waals surface area contributed by atoms with Crippen molar-refractivity contribution in [2.24, 2.45) is 0 Å². The first-order valence-corrected chi connectivity index (χ1v) is 5.46. The maximum atomic E-state index is 5.80. The Balaban J connectivity index is 2.54. The fourth-order valence-corrected chi connectivity index (χ4v) is 1.55. The van der Waals surface area contributed by atoms with Crippen molar-refractivity contribution < 1.29 is 4.74 Å². The minimum absolute atomic E-state index is 0.497. The molecule has 1 aromatic carbocycles. The lowest BCUT2D eigenvalue weighted by molar-refractivity contribution is 0.363. The molecule has 1 rings (SSSR count). The number of halogens is 2. The Morgan fingerprint density at radius 3 is 2.36 bits per heavy atom.